The third-order valence-corrected chi connectivity index (χ3v) is 3.81. The average Bonchev–Trinajstić information content (AvgIpc) is 2.89. The number of halogens is 1. The van der Waals surface area contributed by atoms with E-state index in [9.17, 15) is 0 Å². The minimum absolute atomic E-state index is 0.153. The van der Waals surface area contributed by atoms with Crippen LogP contribution in [0.4, 0.5) is 0 Å². The maximum Gasteiger partial charge on any atom is 0.0438 e. The molecule has 0 bridgehead atoms. The van der Waals surface area contributed by atoms with E-state index in [1.54, 1.807) is 0 Å². The molecule has 15 heavy (non-hydrogen) atoms. The summed E-state index contributed by atoms with van der Waals surface area (Å²) in [5, 5.41) is 0.866. The summed E-state index contributed by atoms with van der Waals surface area (Å²) in [4.78, 5) is 0. The van der Waals surface area contributed by atoms with E-state index in [1.165, 1.54) is 29.5 Å². The lowest BCUT2D eigenvalue weighted by Gasteiger charge is -2.12. The minimum Gasteiger partial charge on any atom is -0.325 e. The van der Waals surface area contributed by atoms with E-state index < -0.39 is 0 Å². The van der Waals surface area contributed by atoms with Crippen molar-refractivity contribution < 1.29 is 0 Å². The number of hydrogen-bond acceptors (Lipinski definition) is 1. The van der Waals surface area contributed by atoms with E-state index in [4.69, 9.17) is 17.3 Å². The molecule has 1 aliphatic rings. The molecular formula is C13H18ClN. The van der Waals surface area contributed by atoms with Gasteiger partial charge in [-0.05, 0) is 62.3 Å². The third kappa shape index (κ3) is 2.53. The molecule has 0 heterocycles. The molecule has 2 heteroatoms. The fourth-order valence-corrected chi connectivity index (χ4v) is 2.12. The van der Waals surface area contributed by atoms with Gasteiger partial charge >= 0.3 is 0 Å². The van der Waals surface area contributed by atoms with E-state index in [0.717, 1.165) is 17.9 Å². The maximum absolute atomic E-state index is 6.09. The lowest BCUT2D eigenvalue weighted by Crippen LogP contribution is -2.22. The number of aryl methyl sites for hydroxylation is 3. The first-order valence-corrected chi connectivity index (χ1v) is 5.92. The van der Waals surface area contributed by atoms with Crippen LogP contribution in [0.3, 0.4) is 0 Å². The van der Waals surface area contributed by atoms with Gasteiger partial charge in [0.05, 0.1) is 0 Å². The SMILES string of the molecule is Cc1cc(CCC2(N)CC2)c(C)cc1Cl. The summed E-state index contributed by atoms with van der Waals surface area (Å²) in [5.41, 5.74) is 10.1. The second-order valence-electron chi connectivity index (χ2n) is 4.89. The summed E-state index contributed by atoms with van der Waals surface area (Å²) in [5.74, 6) is 0. The largest absolute Gasteiger partial charge is 0.325 e. The van der Waals surface area contributed by atoms with Crippen LogP contribution in [0.2, 0.25) is 5.02 Å². The molecule has 0 atom stereocenters. The zero-order valence-corrected chi connectivity index (χ0v) is 10.2. The Labute approximate surface area is 96.6 Å². The molecule has 1 aromatic rings. The second kappa shape index (κ2) is 3.80. The van der Waals surface area contributed by atoms with Crippen molar-refractivity contribution in [3.63, 3.8) is 0 Å². The summed E-state index contributed by atoms with van der Waals surface area (Å²) in [7, 11) is 0. The molecule has 0 aliphatic heterocycles. The molecule has 1 nitrogen and oxygen atoms in total. The normalized spacial score (nSPS) is 17.9. The van der Waals surface area contributed by atoms with Crippen LogP contribution in [0.25, 0.3) is 0 Å². The van der Waals surface area contributed by atoms with E-state index in [-0.39, 0.29) is 5.54 Å². The highest BCUT2D eigenvalue weighted by Gasteiger charge is 2.37. The molecule has 1 aromatic carbocycles. The predicted octanol–water partition coefficient (Wildman–Crippen LogP) is 3.38. The first kappa shape index (κ1) is 11.0. The van der Waals surface area contributed by atoms with E-state index in [1.807, 2.05) is 0 Å². The highest BCUT2D eigenvalue weighted by atomic mass is 35.5. The molecule has 0 aromatic heterocycles. The van der Waals surface area contributed by atoms with Crippen molar-refractivity contribution >= 4 is 11.6 Å². The van der Waals surface area contributed by atoms with Gasteiger partial charge in [-0.2, -0.15) is 0 Å². The molecular weight excluding hydrogens is 206 g/mol. The highest BCUT2D eigenvalue weighted by Crippen LogP contribution is 2.37. The Kier molecular flexibility index (Phi) is 2.78. The van der Waals surface area contributed by atoms with Crippen molar-refractivity contribution in [3.05, 3.63) is 33.8 Å². The molecule has 0 amide bonds. The first-order valence-electron chi connectivity index (χ1n) is 5.55. The Morgan fingerprint density at radius 1 is 1.27 bits per heavy atom. The number of rotatable bonds is 3. The Morgan fingerprint density at radius 3 is 2.53 bits per heavy atom. The van der Waals surface area contributed by atoms with Crippen molar-refractivity contribution in [2.75, 3.05) is 0 Å². The second-order valence-corrected chi connectivity index (χ2v) is 5.30. The molecule has 0 saturated heterocycles. The van der Waals surface area contributed by atoms with Gasteiger partial charge in [0.2, 0.25) is 0 Å². The molecule has 0 spiro atoms. The lowest BCUT2D eigenvalue weighted by molar-refractivity contribution is 0.608. The van der Waals surface area contributed by atoms with Crippen molar-refractivity contribution in [1.29, 1.82) is 0 Å². The summed E-state index contributed by atoms with van der Waals surface area (Å²) >= 11 is 6.06. The van der Waals surface area contributed by atoms with Gasteiger partial charge in [-0.1, -0.05) is 17.7 Å². The Balaban J connectivity index is 2.10. The standard InChI is InChI=1S/C13H18ClN/c1-9-8-12(14)10(2)7-11(9)3-4-13(15)5-6-13/h7-8H,3-6,15H2,1-2H3. The lowest BCUT2D eigenvalue weighted by atomic mass is 9.98. The Morgan fingerprint density at radius 2 is 1.93 bits per heavy atom. The maximum atomic E-state index is 6.09. The molecule has 0 unspecified atom stereocenters. The third-order valence-electron chi connectivity index (χ3n) is 3.40. The highest BCUT2D eigenvalue weighted by molar-refractivity contribution is 6.31. The number of nitrogens with two attached hydrogens (primary N) is 1. The molecule has 1 fully saturated rings. The molecule has 82 valence electrons. The van der Waals surface area contributed by atoms with Gasteiger partial charge in [0.15, 0.2) is 0 Å². The summed E-state index contributed by atoms with van der Waals surface area (Å²) in [6, 6.07) is 4.26. The van der Waals surface area contributed by atoms with Crippen LogP contribution >= 0.6 is 11.6 Å². The number of hydrogen-bond donors (Lipinski definition) is 1. The summed E-state index contributed by atoms with van der Waals surface area (Å²) in [6.07, 6.45) is 4.58. The van der Waals surface area contributed by atoms with E-state index in [2.05, 4.69) is 26.0 Å². The fraction of sp³-hybridized carbons (Fsp3) is 0.538. The van der Waals surface area contributed by atoms with Gasteiger partial charge in [0.1, 0.15) is 0 Å². The molecule has 2 rings (SSSR count). The van der Waals surface area contributed by atoms with Gasteiger partial charge < -0.3 is 5.73 Å². The fourth-order valence-electron chi connectivity index (χ4n) is 1.90. The topological polar surface area (TPSA) is 26.0 Å². The van der Waals surface area contributed by atoms with Crippen molar-refractivity contribution in [1.82, 2.24) is 0 Å². The monoisotopic (exact) mass is 223 g/mol. The summed E-state index contributed by atoms with van der Waals surface area (Å²) < 4.78 is 0. The first-order chi connectivity index (χ1) is 7.00. The van der Waals surface area contributed by atoms with Gasteiger partial charge in [-0.3, -0.25) is 0 Å². The van der Waals surface area contributed by atoms with Gasteiger partial charge in [-0.15, -0.1) is 0 Å². The quantitative estimate of drug-likeness (QED) is 0.836. The predicted molar refractivity (Wildman–Crippen MR) is 65.4 cm³/mol. The molecule has 2 N–H and O–H groups in total. The van der Waals surface area contributed by atoms with Crippen LogP contribution < -0.4 is 5.73 Å². The van der Waals surface area contributed by atoms with Crippen LogP contribution in [0, 0.1) is 13.8 Å². The van der Waals surface area contributed by atoms with Crippen LogP contribution in [0.5, 0.6) is 0 Å². The average molecular weight is 224 g/mol. The smallest absolute Gasteiger partial charge is 0.0438 e. The molecule has 1 aliphatic carbocycles. The van der Waals surface area contributed by atoms with Crippen LogP contribution in [-0.4, -0.2) is 5.54 Å². The van der Waals surface area contributed by atoms with Crippen LogP contribution in [0.15, 0.2) is 12.1 Å². The van der Waals surface area contributed by atoms with Crippen molar-refractivity contribution in [3.8, 4) is 0 Å². The zero-order valence-electron chi connectivity index (χ0n) is 9.44. The van der Waals surface area contributed by atoms with E-state index >= 15 is 0 Å². The minimum atomic E-state index is 0.153. The van der Waals surface area contributed by atoms with Gasteiger partial charge in [0, 0.05) is 10.6 Å². The number of benzene rings is 1. The Bertz CT molecular complexity index is 380. The zero-order chi connectivity index (χ0) is 11.1. The van der Waals surface area contributed by atoms with Gasteiger partial charge in [-0.25, -0.2) is 0 Å². The van der Waals surface area contributed by atoms with Crippen LogP contribution in [0.1, 0.15) is 36.0 Å². The summed E-state index contributed by atoms with van der Waals surface area (Å²) in [6.45, 7) is 4.18. The van der Waals surface area contributed by atoms with Gasteiger partial charge in [0.25, 0.3) is 0 Å². The van der Waals surface area contributed by atoms with Crippen molar-refractivity contribution in [2.45, 2.75) is 45.1 Å². The molecule has 1 saturated carbocycles. The van der Waals surface area contributed by atoms with E-state index in [0.29, 0.717) is 0 Å². The van der Waals surface area contributed by atoms with Crippen molar-refractivity contribution in [2.24, 2.45) is 5.73 Å². The van der Waals surface area contributed by atoms with Crippen LogP contribution in [-0.2, 0) is 6.42 Å². The molecule has 0 radical (unpaired) electrons. The Hall–Kier alpha value is -0.530.